The number of Topliss-reactive ketones (excluding diaryl/α,β-unsaturated/α-hetero) is 1. The van der Waals surface area contributed by atoms with Crippen LogP contribution in [-0.4, -0.2) is 38.1 Å². The van der Waals surface area contributed by atoms with Crippen molar-refractivity contribution in [3.05, 3.63) is 17.7 Å². The minimum Gasteiger partial charge on any atom is -0.490 e. The van der Waals surface area contributed by atoms with E-state index >= 15 is 0 Å². The van der Waals surface area contributed by atoms with Crippen molar-refractivity contribution in [3.63, 3.8) is 0 Å². The smallest absolute Gasteiger partial charge is 0.251 e. The fourth-order valence-corrected chi connectivity index (χ4v) is 1.97. The monoisotopic (exact) mass is 323 g/mol. The summed E-state index contributed by atoms with van der Waals surface area (Å²) >= 11 is 0. The number of carbonyl (C=O) groups is 2. The first-order valence-corrected chi connectivity index (χ1v) is 7.87. The Bertz CT molecular complexity index is 515. The number of hydrogen-bond acceptors (Lipinski definition) is 5. The molecule has 0 aromatic heterocycles. The molecule has 0 spiro atoms. The highest BCUT2D eigenvalue weighted by molar-refractivity contribution is 5.95. The van der Waals surface area contributed by atoms with Crippen LogP contribution in [0, 0.1) is 0 Å². The van der Waals surface area contributed by atoms with Crippen LogP contribution in [0.2, 0.25) is 0 Å². The summed E-state index contributed by atoms with van der Waals surface area (Å²) in [4.78, 5) is 23.2. The summed E-state index contributed by atoms with van der Waals surface area (Å²) in [6.07, 6.45) is 0.305. The van der Waals surface area contributed by atoms with Gasteiger partial charge in [-0.1, -0.05) is 0 Å². The zero-order chi connectivity index (χ0) is 17.2. The SMILES string of the molecule is CCOc1cc(C(=O)NCCC(C)=O)cc(OCC)c1OCC. The van der Waals surface area contributed by atoms with Crippen molar-refractivity contribution in [3.8, 4) is 17.2 Å². The van der Waals surface area contributed by atoms with Gasteiger partial charge in [0.05, 0.1) is 19.8 Å². The van der Waals surface area contributed by atoms with Gasteiger partial charge in [0.2, 0.25) is 5.75 Å². The van der Waals surface area contributed by atoms with Gasteiger partial charge < -0.3 is 19.5 Å². The molecule has 1 aromatic carbocycles. The average Bonchev–Trinajstić information content (AvgIpc) is 2.50. The second-order valence-electron chi connectivity index (χ2n) is 4.81. The zero-order valence-corrected chi connectivity index (χ0v) is 14.2. The molecule has 6 heteroatoms. The summed E-state index contributed by atoms with van der Waals surface area (Å²) in [5.74, 6) is 1.18. The van der Waals surface area contributed by atoms with E-state index in [1.165, 1.54) is 6.92 Å². The Hall–Kier alpha value is -2.24. The molecule has 0 aliphatic heterocycles. The molecular weight excluding hydrogens is 298 g/mol. The summed E-state index contributed by atoms with van der Waals surface area (Å²) in [5, 5.41) is 2.71. The van der Waals surface area contributed by atoms with Crippen LogP contribution >= 0.6 is 0 Å². The quantitative estimate of drug-likeness (QED) is 0.716. The van der Waals surface area contributed by atoms with Gasteiger partial charge >= 0.3 is 0 Å². The molecule has 0 bridgehead atoms. The summed E-state index contributed by atoms with van der Waals surface area (Å²) in [7, 11) is 0. The maximum Gasteiger partial charge on any atom is 0.251 e. The molecule has 0 radical (unpaired) electrons. The first-order chi connectivity index (χ1) is 11.0. The van der Waals surface area contributed by atoms with E-state index in [1.807, 2.05) is 20.8 Å². The number of ether oxygens (including phenoxy) is 3. The largest absolute Gasteiger partial charge is 0.490 e. The Morgan fingerprint density at radius 3 is 1.91 bits per heavy atom. The van der Waals surface area contributed by atoms with Gasteiger partial charge in [-0.25, -0.2) is 0 Å². The summed E-state index contributed by atoms with van der Waals surface area (Å²) < 4.78 is 16.7. The van der Waals surface area contributed by atoms with Gasteiger partial charge in [-0.15, -0.1) is 0 Å². The van der Waals surface area contributed by atoms with E-state index in [0.29, 0.717) is 55.6 Å². The lowest BCUT2D eigenvalue weighted by Gasteiger charge is -2.17. The fourth-order valence-electron chi connectivity index (χ4n) is 1.97. The topological polar surface area (TPSA) is 73.9 Å². The summed E-state index contributed by atoms with van der Waals surface area (Å²) in [5.41, 5.74) is 0.406. The minimum atomic E-state index is -0.281. The van der Waals surface area contributed by atoms with Crippen molar-refractivity contribution < 1.29 is 23.8 Å². The van der Waals surface area contributed by atoms with Crippen LogP contribution in [-0.2, 0) is 4.79 Å². The molecule has 0 atom stereocenters. The maximum atomic E-state index is 12.2. The van der Waals surface area contributed by atoms with Crippen molar-refractivity contribution in [2.45, 2.75) is 34.1 Å². The number of nitrogens with one attached hydrogen (secondary N) is 1. The maximum absolute atomic E-state index is 12.2. The van der Waals surface area contributed by atoms with E-state index < -0.39 is 0 Å². The van der Waals surface area contributed by atoms with E-state index in [4.69, 9.17) is 14.2 Å². The van der Waals surface area contributed by atoms with Gasteiger partial charge in [0.15, 0.2) is 11.5 Å². The first-order valence-electron chi connectivity index (χ1n) is 7.87. The number of carbonyl (C=O) groups excluding carboxylic acids is 2. The van der Waals surface area contributed by atoms with E-state index in [-0.39, 0.29) is 11.7 Å². The van der Waals surface area contributed by atoms with Crippen LogP contribution in [0.3, 0.4) is 0 Å². The third-order valence-corrected chi connectivity index (χ3v) is 2.93. The molecule has 1 amide bonds. The molecule has 23 heavy (non-hydrogen) atoms. The third kappa shape index (κ3) is 5.81. The Labute approximate surface area is 137 Å². The Kier molecular flexibility index (Phi) is 7.94. The number of amides is 1. The third-order valence-electron chi connectivity index (χ3n) is 2.93. The molecule has 0 saturated heterocycles. The van der Waals surface area contributed by atoms with Crippen molar-refractivity contribution in [2.75, 3.05) is 26.4 Å². The van der Waals surface area contributed by atoms with Crippen LogP contribution in [0.15, 0.2) is 12.1 Å². The molecule has 0 aliphatic carbocycles. The van der Waals surface area contributed by atoms with E-state index in [0.717, 1.165) is 0 Å². The molecule has 6 nitrogen and oxygen atoms in total. The Morgan fingerprint density at radius 1 is 0.957 bits per heavy atom. The van der Waals surface area contributed by atoms with Crippen molar-refractivity contribution >= 4 is 11.7 Å². The second kappa shape index (κ2) is 9.71. The highest BCUT2D eigenvalue weighted by atomic mass is 16.5. The molecule has 0 aliphatic rings. The molecular formula is C17H25NO5. The molecule has 128 valence electrons. The Balaban J connectivity index is 3.06. The molecule has 0 heterocycles. The predicted molar refractivity (Wildman–Crippen MR) is 87.6 cm³/mol. The van der Waals surface area contributed by atoms with E-state index in [2.05, 4.69) is 5.32 Å². The number of rotatable bonds is 10. The molecule has 0 fully saturated rings. The lowest BCUT2D eigenvalue weighted by molar-refractivity contribution is -0.116. The molecule has 1 aromatic rings. The van der Waals surface area contributed by atoms with Gasteiger partial charge in [0, 0.05) is 18.5 Å². The van der Waals surface area contributed by atoms with Gasteiger partial charge in [0.25, 0.3) is 5.91 Å². The van der Waals surface area contributed by atoms with Crippen LogP contribution < -0.4 is 19.5 Å². The molecule has 1 N–H and O–H groups in total. The zero-order valence-electron chi connectivity index (χ0n) is 14.2. The predicted octanol–water partition coefficient (Wildman–Crippen LogP) is 2.59. The minimum absolute atomic E-state index is 0.0296. The fraction of sp³-hybridized carbons (Fsp3) is 0.529. The summed E-state index contributed by atoms with van der Waals surface area (Å²) in [6.45, 7) is 8.73. The molecule has 1 rings (SSSR count). The highest BCUT2D eigenvalue weighted by Crippen LogP contribution is 2.39. The first kappa shape index (κ1) is 18.8. The van der Waals surface area contributed by atoms with Crippen molar-refractivity contribution in [1.82, 2.24) is 5.32 Å². The van der Waals surface area contributed by atoms with Gasteiger partial charge in [-0.05, 0) is 39.8 Å². The molecule has 0 saturated carbocycles. The second-order valence-corrected chi connectivity index (χ2v) is 4.81. The van der Waals surface area contributed by atoms with Crippen LogP contribution in [0.4, 0.5) is 0 Å². The van der Waals surface area contributed by atoms with Crippen LogP contribution in [0.25, 0.3) is 0 Å². The molecule has 0 unspecified atom stereocenters. The number of hydrogen-bond donors (Lipinski definition) is 1. The highest BCUT2D eigenvalue weighted by Gasteiger charge is 2.18. The standard InChI is InChI=1S/C17H25NO5/c1-5-21-14-10-13(17(20)18-9-8-12(4)19)11-15(22-6-2)16(14)23-7-3/h10-11H,5-9H2,1-4H3,(H,18,20). The lowest BCUT2D eigenvalue weighted by Crippen LogP contribution is -2.25. The van der Waals surface area contributed by atoms with Gasteiger partial charge in [0.1, 0.15) is 5.78 Å². The van der Waals surface area contributed by atoms with Crippen LogP contribution in [0.5, 0.6) is 17.2 Å². The number of ketones is 1. The average molecular weight is 323 g/mol. The Morgan fingerprint density at radius 2 is 1.48 bits per heavy atom. The lowest BCUT2D eigenvalue weighted by atomic mass is 10.1. The van der Waals surface area contributed by atoms with E-state index in [1.54, 1.807) is 12.1 Å². The van der Waals surface area contributed by atoms with Gasteiger partial charge in [-0.3, -0.25) is 9.59 Å². The van der Waals surface area contributed by atoms with Crippen molar-refractivity contribution in [2.24, 2.45) is 0 Å². The van der Waals surface area contributed by atoms with Crippen molar-refractivity contribution in [1.29, 1.82) is 0 Å². The number of benzene rings is 1. The normalized spacial score (nSPS) is 10.1. The van der Waals surface area contributed by atoms with Gasteiger partial charge in [-0.2, -0.15) is 0 Å². The summed E-state index contributed by atoms with van der Waals surface area (Å²) in [6, 6.07) is 3.25. The van der Waals surface area contributed by atoms with Crippen LogP contribution in [0.1, 0.15) is 44.5 Å². The van der Waals surface area contributed by atoms with E-state index in [9.17, 15) is 9.59 Å².